The van der Waals surface area contributed by atoms with Crippen molar-refractivity contribution in [1.82, 2.24) is 0 Å². The van der Waals surface area contributed by atoms with E-state index in [0.717, 1.165) is 29.4 Å². The van der Waals surface area contributed by atoms with Crippen LogP contribution in [-0.2, 0) is 0 Å². The number of benzene rings is 2. The van der Waals surface area contributed by atoms with Crippen LogP contribution in [0.4, 0.5) is 0 Å². The predicted molar refractivity (Wildman–Crippen MR) is 83.8 cm³/mol. The van der Waals surface area contributed by atoms with Crippen LogP contribution in [0.15, 0.2) is 54.3 Å². The van der Waals surface area contributed by atoms with E-state index >= 15 is 0 Å². The average molecular weight is 486 g/mol. The summed E-state index contributed by atoms with van der Waals surface area (Å²) in [6.07, 6.45) is 0. The van der Waals surface area contributed by atoms with Crippen LogP contribution >= 0.6 is 63.7 Å². The van der Waals surface area contributed by atoms with Gasteiger partial charge in [0.15, 0.2) is 5.75 Å². The number of hydrogen-bond acceptors (Lipinski definition) is 1. The van der Waals surface area contributed by atoms with Gasteiger partial charge in [-0.15, -0.1) is 0 Å². The number of ether oxygens (including phenoxy) is 1. The lowest BCUT2D eigenvalue weighted by molar-refractivity contribution is 0.476. The molecule has 0 saturated carbocycles. The molecule has 0 N–H and O–H groups in total. The molecule has 0 bridgehead atoms. The summed E-state index contributed by atoms with van der Waals surface area (Å²) in [5.74, 6) is 1.54. The fourth-order valence-corrected chi connectivity index (χ4v) is 2.90. The predicted octanol–water partition coefficient (Wildman–Crippen LogP) is 6.53. The molecular formula is C12H6Br4O. The van der Waals surface area contributed by atoms with E-state index in [1.165, 1.54) is 0 Å². The minimum atomic E-state index is 0.752. The molecule has 2 aromatic carbocycles. The van der Waals surface area contributed by atoms with E-state index in [4.69, 9.17) is 4.74 Å². The van der Waals surface area contributed by atoms with Crippen LogP contribution in [-0.4, -0.2) is 0 Å². The molecule has 17 heavy (non-hydrogen) atoms. The van der Waals surface area contributed by atoms with E-state index in [1.807, 2.05) is 36.4 Å². The first-order chi connectivity index (χ1) is 8.08. The van der Waals surface area contributed by atoms with Crippen LogP contribution < -0.4 is 4.74 Å². The number of rotatable bonds is 2. The van der Waals surface area contributed by atoms with Gasteiger partial charge in [0.1, 0.15) is 5.75 Å². The highest BCUT2D eigenvalue weighted by Gasteiger charge is 2.10. The quantitative estimate of drug-likeness (QED) is 0.440. The Kier molecular flexibility index (Phi) is 4.69. The Hall–Kier alpha value is 0.160. The topological polar surface area (TPSA) is 9.23 Å². The maximum absolute atomic E-state index is 5.83. The van der Waals surface area contributed by atoms with Crippen LogP contribution in [0, 0.1) is 0 Å². The molecule has 88 valence electrons. The van der Waals surface area contributed by atoms with E-state index in [-0.39, 0.29) is 0 Å². The minimum absolute atomic E-state index is 0.752. The van der Waals surface area contributed by atoms with Crippen LogP contribution in [0.25, 0.3) is 0 Å². The first-order valence-electron chi connectivity index (χ1n) is 4.65. The summed E-state index contributed by atoms with van der Waals surface area (Å²) >= 11 is 13.8. The van der Waals surface area contributed by atoms with Crippen LogP contribution in [0.5, 0.6) is 11.5 Å². The SMILES string of the molecule is Brc1ccc(Oc2c(Br)ccc(Br)c2Br)cc1. The summed E-state index contributed by atoms with van der Waals surface area (Å²) in [7, 11) is 0. The normalized spacial score (nSPS) is 10.4. The minimum Gasteiger partial charge on any atom is -0.455 e. The highest BCUT2D eigenvalue weighted by Crippen LogP contribution is 2.41. The number of hydrogen-bond donors (Lipinski definition) is 0. The third-order valence-electron chi connectivity index (χ3n) is 2.04. The zero-order chi connectivity index (χ0) is 12.4. The van der Waals surface area contributed by atoms with Gasteiger partial charge in [0.2, 0.25) is 0 Å². The van der Waals surface area contributed by atoms with Crippen molar-refractivity contribution < 1.29 is 4.74 Å². The van der Waals surface area contributed by atoms with E-state index < -0.39 is 0 Å². The van der Waals surface area contributed by atoms with Gasteiger partial charge in [-0.05, 0) is 84.2 Å². The van der Waals surface area contributed by atoms with Crippen LogP contribution in [0.3, 0.4) is 0 Å². The van der Waals surface area contributed by atoms with Gasteiger partial charge in [-0.3, -0.25) is 0 Å². The summed E-state index contributed by atoms with van der Waals surface area (Å²) in [5, 5.41) is 0. The van der Waals surface area contributed by atoms with Crippen molar-refractivity contribution >= 4 is 63.7 Å². The van der Waals surface area contributed by atoms with Gasteiger partial charge in [-0.25, -0.2) is 0 Å². The van der Waals surface area contributed by atoms with Gasteiger partial charge >= 0.3 is 0 Å². The van der Waals surface area contributed by atoms with Crippen molar-refractivity contribution in [2.45, 2.75) is 0 Å². The zero-order valence-electron chi connectivity index (χ0n) is 8.38. The monoisotopic (exact) mass is 482 g/mol. The molecule has 0 aromatic heterocycles. The molecule has 0 aliphatic heterocycles. The van der Waals surface area contributed by atoms with E-state index in [9.17, 15) is 0 Å². The average Bonchev–Trinajstić information content (AvgIpc) is 2.32. The Morgan fingerprint density at radius 1 is 0.706 bits per heavy atom. The first kappa shape index (κ1) is 13.6. The van der Waals surface area contributed by atoms with Crippen LogP contribution in [0.2, 0.25) is 0 Å². The molecule has 0 heterocycles. The van der Waals surface area contributed by atoms with E-state index in [2.05, 4.69) is 63.7 Å². The maximum atomic E-state index is 5.83. The Balaban J connectivity index is 2.36. The highest BCUT2D eigenvalue weighted by molar-refractivity contribution is 9.13. The third kappa shape index (κ3) is 3.34. The molecule has 0 atom stereocenters. The second-order valence-electron chi connectivity index (χ2n) is 3.23. The maximum Gasteiger partial charge on any atom is 0.156 e. The van der Waals surface area contributed by atoms with Gasteiger partial charge in [0.05, 0.1) is 8.95 Å². The molecule has 0 spiro atoms. The van der Waals surface area contributed by atoms with Crippen molar-refractivity contribution in [2.24, 2.45) is 0 Å². The second-order valence-corrected chi connectivity index (χ2v) is 6.65. The van der Waals surface area contributed by atoms with Gasteiger partial charge in [0, 0.05) is 8.95 Å². The summed E-state index contributed by atoms with van der Waals surface area (Å²) in [5.41, 5.74) is 0. The lowest BCUT2D eigenvalue weighted by atomic mass is 10.3. The molecule has 5 heteroatoms. The molecule has 2 rings (SSSR count). The molecule has 1 nitrogen and oxygen atoms in total. The third-order valence-corrected chi connectivity index (χ3v) is 5.17. The Labute approximate surface area is 133 Å². The first-order valence-corrected chi connectivity index (χ1v) is 7.82. The molecule has 0 radical (unpaired) electrons. The fraction of sp³-hybridized carbons (Fsp3) is 0. The molecule has 0 saturated heterocycles. The number of halogens is 4. The summed E-state index contributed by atoms with van der Waals surface area (Å²) < 4.78 is 9.59. The lowest BCUT2D eigenvalue weighted by Gasteiger charge is -2.11. The zero-order valence-corrected chi connectivity index (χ0v) is 14.7. The molecule has 0 unspecified atom stereocenters. The van der Waals surface area contributed by atoms with Crippen molar-refractivity contribution in [3.63, 3.8) is 0 Å². The van der Waals surface area contributed by atoms with Crippen molar-refractivity contribution in [3.8, 4) is 11.5 Å². The smallest absolute Gasteiger partial charge is 0.156 e. The van der Waals surface area contributed by atoms with Gasteiger partial charge in [0.25, 0.3) is 0 Å². The van der Waals surface area contributed by atoms with E-state index in [0.29, 0.717) is 0 Å². The van der Waals surface area contributed by atoms with Gasteiger partial charge in [-0.2, -0.15) is 0 Å². The Morgan fingerprint density at radius 2 is 1.29 bits per heavy atom. The van der Waals surface area contributed by atoms with Crippen molar-refractivity contribution in [1.29, 1.82) is 0 Å². The standard InChI is InChI=1S/C12H6Br4O/c13-7-1-3-8(4-2-7)17-12-10(15)6-5-9(14)11(12)16/h1-6H. The fourth-order valence-electron chi connectivity index (χ4n) is 1.22. The molecule has 0 aliphatic rings. The Bertz CT molecular complexity index is 537. The summed E-state index contributed by atoms with van der Waals surface area (Å²) in [4.78, 5) is 0. The van der Waals surface area contributed by atoms with Crippen molar-refractivity contribution in [3.05, 3.63) is 54.3 Å². The molecular weight excluding hydrogens is 480 g/mol. The van der Waals surface area contributed by atoms with Gasteiger partial charge < -0.3 is 4.74 Å². The lowest BCUT2D eigenvalue weighted by Crippen LogP contribution is -1.87. The summed E-state index contributed by atoms with van der Waals surface area (Å²) in [6.45, 7) is 0. The second kappa shape index (κ2) is 5.87. The Morgan fingerprint density at radius 3 is 1.94 bits per heavy atom. The molecule has 0 fully saturated rings. The van der Waals surface area contributed by atoms with Crippen molar-refractivity contribution in [2.75, 3.05) is 0 Å². The molecule has 2 aromatic rings. The van der Waals surface area contributed by atoms with E-state index in [1.54, 1.807) is 0 Å². The molecule has 0 aliphatic carbocycles. The summed E-state index contributed by atoms with van der Waals surface area (Å²) in [6, 6.07) is 11.6. The highest BCUT2D eigenvalue weighted by atomic mass is 79.9. The molecule has 0 amide bonds. The van der Waals surface area contributed by atoms with Gasteiger partial charge in [-0.1, -0.05) is 15.9 Å². The van der Waals surface area contributed by atoms with Crippen LogP contribution in [0.1, 0.15) is 0 Å². The largest absolute Gasteiger partial charge is 0.455 e.